The van der Waals surface area contributed by atoms with Crippen LogP contribution in [0.4, 0.5) is 4.39 Å². The van der Waals surface area contributed by atoms with Gasteiger partial charge in [0.05, 0.1) is 15.7 Å². The Morgan fingerprint density at radius 1 is 1.36 bits per heavy atom. The number of carboxylic acids is 1. The van der Waals surface area contributed by atoms with Crippen molar-refractivity contribution in [3.05, 3.63) is 28.8 Å². The van der Waals surface area contributed by atoms with E-state index >= 15 is 0 Å². The van der Waals surface area contributed by atoms with Crippen LogP contribution in [-0.4, -0.2) is 24.7 Å². The second-order valence-corrected chi connectivity index (χ2v) is 8.43. The molecule has 22 heavy (non-hydrogen) atoms. The predicted octanol–water partition coefficient (Wildman–Crippen LogP) is 4.08. The molecule has 0 aliphatic rings. The Labute approximate surface area is 139 Å². The van der Waals surface area contributed by atoms with Gasteiger partial charge in [0.2, 0.25) is 0 Å². The second kappa shape index (κ2) is 6.72. The van der Waals surface area contributed by atoms with Gasteiger partial charge in [-0.05, 0) is 31.4 Å². The van der Waals surface area contributed by atoms with Crippen LogP contribution >= 0.6 is 23.2 Å². The smallest absolute Gasteiger partial charge is 0.336 e. The molecule has 0 spiro atoms. The van der Waals surface area contributed by atoms with Gasteiger partial charge < -0.3 is 5.11 Å². The van der Waals surface area contributed by atoms with Gasteiger partial charge in [0, 0.05) is 5.56 Å². The van der Waals surface area contributed by atoms with Crippen LogP contribution in [0.25, 0.3) is 0 Å². The second-order valence-electron chi connectivity index (χ2n) is 4.89. The highest BCUT2D eigenvalue weighted by atomic mass is 35.5. The molecule has 0 aromatic heterocycles. The molecule has 0 saturated carbocycles. The molecule has 1 rings (SSSR count). The van der Waals surface area contributed by atoms with Crippen molar-refractivity contribution < 1.29 is 22.7 Å². The fourth-order valence-electron chi connectivity index (χ4n) is 2.15. The fraction of sp³-hybridized carbons (Fsp3) is 0.500. The summed E-state index contributed by atoms with van der Waals surface area (Å²) >= 11 is 10.9. The van der Waals surface area contributed by atoms with Crippen LogP contribution in [0.1, 0.15) is 48.7 Å². The highest BCUT2D eigenvalue weighted by Gasteiger charge is 2.38. The predicted molar refractivity (Wildman–Crippen MR) is 84.2 cm³/mol. The number of hydrogen-bond acceptors (Lipinski definition) is 3. The maximum atomic E-state index is 14.0. The molecule has 4 nitrogen and oxygen atoms in total. The summed E-state index contributed by atoms with van der Waals surface area (Å²) in [6.07, 6.45) is 0.371. The monoisotopic (exact) mass is 370 g/mol. The van der Waals surface area contributed by atoms with E-state index in [0.29, 0.717) is 0 Å². The van der Waals surface area contributed by atoms with Gasteiger partial charge in [0.1, 0.15) is 0 Å². The Morgan fingerprint density at radius 3 is 2.27 bits per heavy atom. The first-order chi connectivity index (χ1) is 9.98. The summed E-state index contributed by atoms with van der Waals surface area (Å²) in [5.41, 5.74) is -0.641. The van der Waals surface area contributed by atoms with Crippen molar-refractivity contribution in [2.45, 2.75) is 48.3 Å². The zero-order valence-corrected chi connectivity index (χ0v) is 14.7. The SMILES string of the molecule is CCc1c(C(=O)O)ccc(C(F)(Cl)Cl)c1S(=O)(=O)[C@@H](C)CC. The van der Waals surface area contributed by atoms with Crippen LogP contribution < -0.4 is 0 Å². The molecule has 1 atom stereocenters. The molecule has 1 N–H and O–H groups in total. The first-order valence-electron chi connectivity index (χ1n) is 6.68. The number of benzene rings is 1. The van der Waals surface area contributed by atoms with Gasteiger partial charge >= 0.3 is 5.97 Å². The van der Waals surface area contributed by atoms with Crippen molar-refractivity contribution in [1.29, 1.82) is 0 Å². The molecule has 8 heteroatoms. The molecule has 0 fully saturated rings. The minimum Gasteiger partial charge on any atom is -0.478 e. The lowest BCUT2D eigenvalue weighted by Crippen LogP contribution is -2.24. The highest BCUT2D eigenvalue weighted by Crippen LogP contribution is 2.42. The van der Waals surface area contributed by atoms with Crippen molar-refractivity contribution in [3.63, 3.8) is 0 Å². The first-order valence-corrected chi connectivity index (χ1v) is 8.98. The number of aromatic carboxylic acids is 1. The van der Waals surface area contributed by atoms with Crippen molar-refractivity contribution in [2.24, 2.45) is 0 Å². The van der Waals surface area contributed by atoms with E-state index in [9.17, 15) is 22.7 Å². The Morgan fingerprint density at radius 2 is 1.91 bits per heavy atom. The maximum absolute atomic E-state index is 14.0. The van der Waals surface area contributed by atoms with Crippen LogP contribution in [0.2, 0.25) is 0 Å². The number of rotatable bonds is 6. The van der Waals surface area contributed by atoms with E-state index in [1.807, 2.05) is 0 Å². The van der Waals surface area contributed by atoms with E-state index in [1.54, 1.807) is 13.8 Å². The maximum Gasteiger partial charge on any atom is 0.336 e. The average Bonchev–Trinajstić information content (AvgIpc) is 2.43. The summed E-state index contributed by atoms with van der Waals surface area (Å²) in [6, 6.07) is 2.13. The molecule has 0 aliphatic carbocycles. The third kappa shape index (κ3) is 3.55. The van der Waals surface area contributed by atoms with Gasteiger partial charge in [-0.1, -0.05) is 43.1 Å². The molecule has 0 heterocycles. The lowest BCUT2D eigenvalue weighted by molar-refractivity contribution is 0.0695. The Bertz CT molecular complexity index is 681. The van der Waals surface area contributed by atoms with Gasteiger partial charge in [-0.25, -0.2) is 17.6 Å². The summed E-state index contributed by atoms with van der Waals surface area (Å²) in [7, 11) is -3.97. The third-order valence-electron chi connectivity index (χ3n) is 3.54. The van der Waals surface area contributed by atoms with E-state index in [-0.39, 0.29) is 24.0 Å². The largest absolute Gasteiger partial charge is 0.478 e. The summed E-state index contributed by atoms with van der Waals surface area (Å²) in [4.78, 5) is 10.9. The third-order valence-corrected chi connectivity index (χ3v) is 6.37. The fourth-order valence-corrected chi connectivity index (χ4v) is 4.53. The number of halogens is 3. The number of hydrogen-bond donors (Lipinski definition) is 1. The Hall–Kier alpha value is -0.850. The molecule has 0 radical (unpaired) electrons. The minimum absolute atomic E-state index is 0.00799. The molecule has 1 aromatic rings. The van der Waals surface area contributed by atoms with Crippen LogP contribution in [0, 0.1) is 0 Å². The van der Waals surface area contributed by atoms with Gasteiger partial charge in [0.25, 0.3) is 4.59 Å². The van der Waals surface area contributed by atoms with Crippen molar-refractivity contribution >= 4 is 39.0 Å². The summed E-state index contributed by atoms with van der Waals surface area (Å²) in [5.74, 6) is -1.29. The number of carbonyl (C=O) groups is 1. The van der Waals surface area contributed by atoms with Gasteiger partial charge in [-0.15, -0.1) is 0 Å². The topological polar surface area (TPSA) is 71.4 Å². The van der Waals surface area contributed by atoms with E-state index < -0.39 is 36.1 Å². The van der Waals surface area contributed by atoms with Gasteiger partial charge in [-0.2, -0.15) is 0 Å². The zero-order valence-electron chi connectivity index (χ0n) is 12.4. The molecule has 1 aromatic carbocycles. The zero-order chi connectivity index (χ0) is 17.3. The molecule has 0 unspecified atom stereocenters. The van der Waals surface area contributed by atoms with E-state index in [2.05, 4.69) is 0 Å². The summed E-state index contributed by atoms with van der Waals surface area (Å²) in [5, 5.41) is 8.40. The lowest BCUT2D eigenvalue weighted by Gasteiger charge is -2.22. The van der Waals surface area contributed by atoms with E-state index in [4.69, 9.17) is 23.2 Å². The van der Waals surface area contributed by atoms with Gasteiger partial charge in [0.15, 0.2) is 9.84 Å². The van der Waals surface area contributed by atoms with Crippen molar-refractivity contribution in [3.8, 4) is 0 Å². The molecule has 0 amide bonds. The Balaban J connectivity index is 3.92. The number of alkyl halides is 3. The first kappa shape index (κ1) is 19.2. The minimum atomic E-state index is -3.97. The van der Waals surface area contributed by atoms with Crippen LogP contribution in [0.15, 0.2) is 17.0 Å². The highest BCUT2D eigenvalue weighted by molar-refractivity contribution is 7.92. The van der Waals surface area contributed by atoms with Crippen LogP contribution in [0.3, 0.4) is 0 Å². The molecule has 124 valence electrons. The standard InChI is InChI=1S/C14H17Cl2FO4S/c1-4-8(3)22(20,21)12-9(5-2)10(13(18)19)6-7-11(12)14(15,16)17/h6-8H,4-5H2,1-3H3,(H,18,19)/t8-/m0/s1. The van der Waals surface area contributed by atoms with E-state index in [0.717, 1.165) is 12.1 Å². The van der Waals surface area contributed by atoms with Crippen LogP contribution in [0.5, 0.6) is 0 Å². The lowest BCUT2D eigenvalue weighted by atomic mass is 10.0. The van der Waals surface area contributed by atoms with Crippen molar-refractivity contribution in [1.82, 2.24) is 0 Å². The van der Waals surface area contributed by atoms with Crippen molar-refractivity contribution in [2.75, 3.05) is 0 Å². The molecule has 0 bridgehead atoms. The summed E-state index contributed by atoms with van der Waals surface area (Å²) in [6.45, 7) is 4.72. The normalized spacial score (nSPS) is 13.9. The molecule has 0 saturated heterocycles. The number of carboxylic acid groups (broad SMARTS) is 1. The number of sulfone groups is 1. The Kier molecular flexibility index (Phi) is 5.87. The molecular weight excluding hydrogens is 354 g/mol. The molecule has 0 aliphatic heterocycles. The molecular formula is C14H17Cl2FO4S. The summed E-state index contributed by atoms with van der Waals surface area (Å²) < 4.78 is 36.5. The van der Waals surface area contributed by atoms with E-state index in [1.165, 1.54) is 6.92 Å². The van der Waals surface area contributed by atoms with Gasteiger partial charge in [-0.3, -0.25) is 0 Å². The van der Waals surface area contributed by atoms with Crippen LogP contribution in [-0.2, 0) is 20.8 Å². The quantitative estimate of drug-likeness (QED) is 0.765. The average molecular weight is 371 g/mol.